The second kappa shape index (κ2) is 6.97. The quantitative estimate of drug-likeness (QED) is 0.833. The first-order valence-corrected chi connectivity index (χ1v) is 8.27. The normalized spacial score (nSPS) is 18.0. The van der Waals surface area contributed by atoms with Crippen LogP contribution in [-0.4, -0.2) is 41.4 Å². The van der Waals surface area contributed by atoms with Gasteiger partial charge in [-0.05, 0) is 30.2 Å². The molecule has 1 aliphatic heterocycles. The van der Waals surface area contributed by atoms with Gasteiger partial charge in [0.25, 0.3) is 0 Å². The molecule has 3 heterocycles. The van der Waals surface area contributed by atoms with Crippen LogP contribution in [0.4, 0.5) is 11.6 Å². The van der Waals surface area contributed by atoms with Crippen LogP contribution in [0.5, 0.6) is 0 Å². The van der Waals surface area contributed by atoms with Crippen LogP contribution in [0.15, 0.2) is 36.5 Å². The molecule has 2 aromatic rings. The van der Waals surface area contributed by atoms with Crippen LogP contribution in [0.3, 0.4) is 0 Å². The van der Waals surface area contributed by atoms with E-state index in [2.05, 4.69) is 34.0 Å². The number of hydrogen-bond acceptors (Lipinski definition) is 6. The topological polar surface area (TPSA) is 84.1 Å². The summed E-state index contributed by atoms with van der Waals surface area (Å²) in [5.74, 6) is 1.41. The van der Waals surface area contributed by atoms with Gasteiger partial charge in [0.1, 0.15) is 17.3 Å². The van der Waals surface area contributed by atoms with Crippen LogP contribution in [-0.2, 0) is 0 Å². The number of anilines is 2. The summed E-state index contributed by atoms with van der Waals surface area (Å²) in [5, 5.41) is 3.53. The number of hydrogen-bond donors (Lipinski definition) is 2. The average molecular weight is 325 g/mol. The minimum Gasteiger partial charge on any atom is -0.383 e. The summed E-state index contributed by atoms with van der Waals surface area (Å²) in [6, 6.07) is 9.35. The van der Waals surface area contributed by atoms with Crippen LogP contribution in [0.1, 0.15) is 29.9 Å². The number of nitrogens with two attached hydrogens (primary N) is 1. The molecule has 0 bridgehead atoms. The number of aromatic nitrogens is 2. The minimum absolute atomic E-state index is 0.196. The Balaban J connectivity index is 1.84. The molecule has 1 atom stereocenters. The standard InChI is InChI=1S/C18H23N5O/c1-12(2)15-11-23(10-9-20-15)16-7-3-6-14(22-16)17(24)13-5-4-8-21-18(13)19/h3-8,12,15,20H,9-11H2,1-2H3,(H2,19,21)/t15-/m0/s1. The van der Waals surface area contributed by atoms with E-state index in [4.69, 9.17) is 5.73 Å². The summed E-state index contributed by atoms with van der Waals surface area (Å²) >= 11 is 0. The zero-order valence-corrected chi connectivity index (χ0v) is 14.1. The molecule has 126 valence electrons. The van der Waals surface area contributed by atoms with Crippen LogP contribution in [0, 0.1) is 5.92 Å². The molecule has 0 saturated carbocycles. The van der Waals surface area contributed by atoms with Gasteiger partial charge < -0.3 is 16.0 Å². The van der Waals surface area contributed by atoms with Crippen molar-refractivity contribution in [2.45, 2.75) is 19.9 Å². The van der Waals surface area contributed by atoms with Crippen molar-refractivity contribution >= 4 is 17.4 Å². The minimum atomic E-state index is -0.196. The molecule has 6 heteroatoms. The van der Waals surface area contributed by atoms with E-state index in [1.54, 1.807) is 24.4 Å². The predicted molar refractivity (Wildman–Crippen MR) is 95.2 cm³/mol. The van der Waals surface area contributed by atoms with Crippen molar-refractivity contribution in [1.82, 2.24) is 15.3 Å². The van der Waals surface area contributed by atoms with Gasteiger partial charge >= 0.3 is 0 Å². The molecule has 3 rings (SSSR count). The number of nitrogens with one attached hydrogen (secondary N) is 1. The molecular weight excluding hydrogens is 302 g/mol. The molecular formula is C18H23N5O. The molecule has 0 amide bonds. The maximum Gasteiger partial charge on any atom is 0.215 e. The monoisotopic (exact) mass is 325 g/mol. The lowest BCUT2D eigenvalue weighted by Gasteiger charge is -2.36. The van der Waals surface area contributed by atoms with Gasteiger partial charge in [0, 0.05) is 31.9 Å². The van der Waals surface area contributed by atoms with E-state index < -0.39 is 0 Å². The Morgan fingerprint density at radius 3 is 2.92 bits per heavy atom. The van der Waals surface area contributed by atoms with E-state index >= 15 is 0 Å². The van der Waals surface area contributed by atoms with Crippen LogP contribution in [0.25, 0.3) is 0 Å². The number of rotatable bonds is 4. The number of carbonyl (C=O) groups is 1. The van der Waals surface area contributed by atoms with E-state index in [1.165, 1.54) is 0 Å². The second-order valence-corrected chi connectivity index (χ2v) is 6.40. The molecule has 1 fully saturated rings. The molecule has 1 aliphatic rings. The van der Waals surface area contributed by atoms with Crippen molar-refractivity contribution in [2.75, 3.05) is 30.3 Å². The molecule has 2 aromatic heterocycles. The molecule has 0 radical (unpaired) electrons. The predicted octanol–water partition coefficient (Wildman–Crippen LogP) is 1.72. The van der Waals surface area contributed by atoms with E-state index in [9.17, 15) is 4.79 Å². The van der Waals surface area contributed by atoms with Gasteiger partial charge in [-0.1, -0.05) is 19.9 Å². The summed E-state index contributed by atoms with van der Waals surface area (Å²) < 4.78 is 0. The molecule has 0 aliphatic carbocycles. The molecule has 6 nitrogen and oxygen atoms in total. The largest absolute Gasteiger partial charge is 0.383 e. The van der Waals surface area contributed by atoms with E-state index in [1.807, 2.05) is 12.1 Å². The van der Waals surface area contributed by atoms with E-state index in [0.717, 1.165) is 25.5 Å². The number of nitrogens with zero attached hydrogens (tertiary/aromatic N) is 3. The van der Waals surface area contributed by atoms with Crippen molar-refractivity contribution in [3.8, 4) is 0 Å². The van der Waals surface area contributed by atoms with Gasteiger partial charge in [-0.3, -0.25) is 4.79 Å². The maximum atomic E-state index is 12.7. The van der Waals surface area contributed by atoms with Crippen molar-refractivity contribution < 1.29 is 4.79 Å². The number of pyridine rings is 2. The molecule has 1 saturated heterocycles. The lowest BCUT2D eigenvalue weighted by molar-refractivity contribution is 0.103. The summed E-state index contributed by atoms with van der Waals surface area (Å²) in [6.45, 7) is 7.10. The van der Waals surface area contributed by atoms with Gasteiger partial charge in [-0.2, -0.15) is 0 Å². The summed E-state index contributed by atoms with van der Waals surface area (Å²) in [4.78, 5) is 23.4. The Morgan fingerprint density at radius 1 is 1.33 bits per heavy atom. The molecule has 3 N–H and O–H groups in total. The zero-order valence-electron chi connectivity index (χ0n) is 14.1. The third kappa shape index (κ3) is 3.38. The average Bonchev–Trinajstić information content (AvgIpc) is 2.62. The molecule has 24 heavy (non-hydrogen) atoms. The Hall–Kier alpha value is -2.47. The van der Waals surface area contributed by atoms with Crippen molar-refractivity contribution in [3.05, 3.63) is 47.8 Å². The SMILES string of the molecule is CC(C)[C@@H]1CN(c2cccc(C(=O)c3cccnc3N)n2)CCN1. The first-order valence-electron chi connectivity index (χ1n) is 8.27. The smallest absolute Gasteiger partial charge is 0.215 e. The van der Waals surface area contributed by atoms with Crippen LogP contribution in [0.2, 0.25) is 0 Å². The van der Waals surface area contributed by atoms with Crippen molar-refractivity contribution in [2.24, 2.45) is 5.92 Å². The zero-order chi connectivity index (χ0) is 17.1. The highest BCUT2D eigenvalue weighted by atomic mass is 16.1. The highest BCUT2D eigenvalue weighted by molar-refractivity contribution is 6.10. The first kappa shape index (κ1) is 16.4. The lowest BCUT2D eigenvalue weighted by Crippen LogP contribution is -2.53. The Morgan fingerprint density at radius 2 is 2.17 bits per heavy atom. The summed E-state index contributed by atoms with van der Waals surface area (Å²) in [6.07, 6.45) is 1.57. The Labute approximate surface area is 142 Å². The van der Waals surface area contributed by atoms with E-state index in [0.29, 0.717) is 23.2 Å². The highest BCUT2D eigenvalue weighted by Crippen LogP contribution is 2.19. The number of piperazine rings is 1. The molecule has 0 spiro atoms. The second-order valence-electron chi connectivity index (χ2n) is 6.40. The van der Waals surface area contributed by atoms with Gasteiger partial charge in [-0.25, -0.2) is 9.97 Å². The van der Waals surface area contributed by atoms with Gasteiger partial charge in [0.05, 0.1) is 5.56 Å². The Bertz CT molecular complexity index is 731. The fourth-order valence-corrected chi connectivity index (χ4v) is 2.91. The highest BCUT2D eigenvalue weighted by Gasteiger charge is 2.23. The van der Waals surface area contributed by atoms with Crippen LogP contribution < -0.4 is 16.0 Å². The van der Waals surface area contributed by atoms with Crippen molar-refractivity contribution in [1.29, 1.82) is 0 Å². The van der Waals surface area contributed by atoms with Crippen molar-refractivity contribution in [3.63, 3.8) is 0 Å². The fraction of sp³-hybridized carbons (Fsp3) is 0.389. The number of carbonyl (C=O) groups excluding carboxylic acids is 1. The Kier molecular flexibility index (Phi) is 4.76. The third-order valence-corrected chi connectivity index (χ3v) is 4.38. The van der Waals surface area contributed by atoms with Gasteiger partial charge in [-0.15, -0.1) is 0 Å². The van der Waals surface area contributed by atoms with Crippen LogP contribution >= 0.6 is 0 Å². The first-order chi connectivity index (χ1) is 11.6. The maximum absolute atomic E-state index is 12.7. The summed E-state index contributed by atoms with van der Waals surface area (Å²) in [5.41, 5.74) is 6.60. The lowest BCUT2D eigenvalue weighted by atomic mass is 10.0. The van der Waals surface area contributed by atoms with E-state index in [-0.39, 0.29) is 11.6 Å². The number of ketones is 1. The molecule has 0 aromatic carbocycles. The fourth-order valence-electron chi connectivity index (χ4n) is 2.91. The summed E-state index contributed by atoms with van der Waals surface area (Å²) in [7, 11) is 0. The number of nitrogen functional groups attached to an aromatic ring is 1. The third-order valence-electron chi connectivity index (χ3n) is 4.38. The van der Waals surface area contributed by atoms with Gasteiger partial charge in [0.15, 0.2) is 0 Å². The molecule has 0 unspecified atom stereocenters. The van der Waals surface area contributed by atoms with Gasteiger partial charge in [0.2, 0.25) is 5.78 Å².